The van der Waals surface area contributed by atoms with E-state index >= 15 is 0 Å². The number of allylic oxidation sites excluding steroid dienone is 1. The van der Waals surface area contributed by atoms with Crippen LogP contribution in [0, 0.1) is 0 Å². The van der Waals surface area contributed by atoms with Crippen molar-refractivity contribution < 1.29 is 15.0 Å². The minimum atomic E-state index is -1.07. The van der Waals surface area contributed by atoms with E-state index in [0.717, 1.165) is 18.9 Å². The second-order valence-electron chi connectivity index (χ2n) is 5.26. The van der Waals surface area contributed by atoms with E-state index < -0.39 is 5.97 Å². The van der Waals surface area contributed by atoms with Gasteiger partial charge in [0, 0.05) is 6.42 Å². The number of hydrogen-bond acceptors (Lipinski definition) is 2. The SMILES string of the molecule is CCCCCCCCCCCCC/C(O)=C/C(=O)O. The molecule has 0 rings (SSSR count). The lowest BCUT2D eigenvalue weighted by molar-refractivity contribution is -0.131. The summed E-state index contributed by atoms with van der Waals surface area (Å²) in [6.07, 6.45) is 15.2. The Morgan fingerprint density at radius 1 is 0.789 bits per heavy atom. The number of aliphatic hydroxyl groups excluding tert-OH is 1. The normalized spacial score (nSPS) is 11.7. The van der Waals surface area contributed by atoms with Crippen molar-refractivity contribution >= 4 is 5.97 Å². The van der Waals surface area contributed by atoms with Crippen molar-refractivity contribution in [3.05, 3.63) is 11.8 Å². The smallest absolute Gasteiger partial charge is 0.331 e. The molecule has 0 saturated heterocycles. The summed E-state index contributed by atoms with van der Waals surface area (Å²) in [5.41, 5.74) is 0. The molecule has 0 aliphatic carbocycles. The van der Waals surface area contributed by atoms with Crippen LogP contribution in [-0.2, 0) is 4.79 Å². The summed E-state index contributed by atoms with van der Waals surface area (Å²) in [4.78, 5) is 10.3. The lowest BCUT2D eigenvalue weighted by Gasteiger charge is -2.02. The van der Waals surface area contributed by atoms with Crippen LogP contribution in [0.5, 0.6) is 0 Å². The van der Waals surface area contributed by atoms with E-state index in [0.29, 0.717) is 6.42 Å². The highest BCUT2D eigenvalue weighted by atomic mass is 16.4. The van der Waals surface area contributed by atoms with Gasteiger partial charge in [-0.25, -0.2) is 4.79 Å². The van der Waals surface area contributed by atoms with Crippen LogP contribution in [0.3, 0.4) is 0 Å². The van der Waals surface area contributed by atoms with Crippen molar-refractivity contribution in [2.75, 3.05) is 0 Å². The zero-order chi connectivity index (χ0) is 14.3. The zero-order valence-corrected chi connectivity index (χ0v) is 12.4. The van der Waals surface area contributed by atoms with Crippen molar-refractivity contribution in [2.24, 2.45) is 0 Å². The Kier molecular flexibility index (Phi) is 12.7. The molecule has 0 amide bonds. The summed E-state index contributed by atoms with van der Waals surface area (Å²) < 4.78 is 0. The van der Waals surface area contributed by atoms with Gasteiger partial charge in [-0.1, -0.05) is 71.1 Å². The third-order valence-corrected chi connectivity index (χ3v) is 3.33. The first-order chi connectivity index (χ1) is 9.16. The molecule has 0 aromatic carbocycles. The fourth-order valence-corrected chi connectivity index (χ4v) is 2.19. The number of rotatable bonds is 13. The molecule has 2 N–H and O–H groups in total. The molecule has 19 heavy (non-hydrogen) atoms. The topological polar surface area (TPSA) is 57.5 Å². The molecule has 0 fully saturated rings. The van der Waals surface area contributed by atoms with Gasteiger partial charge in [0.15, 0.2) is 0 Å². The van der Waals surface area contributed by atoms with E-state index in [1.807, 2.05) is 0 Å². The first kappa shape index (κ1) is 18.0. The van der Waals surface area contributed by atoms with Crippen molar-refractivity contribution in [3.63, 3.8) is 0 Å². The Bertz CT molecular complexity index is 246. The summed E-state index contributed by atoms with van der Waals surface area (Å²) >= 11 is 0. The minimum absolute atomic E-state index is 0.0107. The molecule has 3 heteroatoms. The van der Waals surface area contributed by atoms with Crippen molar-refractivity contribution in [1.29, 1.82) is 0 Å². The number of carboxylic acids is 1. The van der Waals surface area contributed by atoms with Gasteiger partial charge in [-0.05, 0) is 6.42 Å². The van der Waals surface area contributed by atoms with Crippen LogP contribution in [0.4, 0.5) is 0 Å². The summed E-state index contributed by atoms with van der Waals surface area (Å²) in [5.74, 6) is -1.08. The summed E-state index contributed by atoms with van der Waals surface area (Å²) in [6.45, 7) is 2.24. The highest BCUT2D eigenvalue weighted by molar-refractivity contribution is 5.80. The first-order valence-electron chi connectivity index (χ1n) is 7.79. The number of hydrogen-bond donors (Lipinski definition) is 2. The molecule has 0 bridgehead atoms. The van der Waals surface area contributed by atoms with Gasteiger partial charge in [-0.2, -0.15) is 0 Å². The van der Waals surface area contributed by atoms with Crippen LogP contribution in [0.1, 0.15) is 84.0 Å². The maximum atomic E-state index is 10.3. The fourth-order valence-electron chi connectivity index (χ4n) is 2.19. The van der Waals surface area contributed by atoms with Gasteiger partial charge in [-0.3, -0.25) is 0 Å². The fraction of sp³-hybridized carbons (Fsp3) is 0.812. The summed E-state index contributed by atoms with van der Waals surface area (Å²) in [5, 5.41) is 17.7. The lowest BCUT2D eigenvalue weighted by Crippen LogP contribution is -1.92. The van der Waals surface area contributed by atoms with Gasteiger partial charge in [-0.15, -0.1) is 0 Å². The summed E-state index contributed by atoms with van der Waals surface area (Å²) in [7, 11) is 0. The Morgan fingerprint density at radius 3 is 1.63 bits per heavy atom. The molecule has 0 saturated carbocycles. The van der Waals surface area contributed by atoms with Gasteiger partial charge in [0.05, 0.1) is 11.8 Å². The molecular weight excluding hydrogens is 240 g/mol. The predicted octanol–water partition coefficient (Wildman–Crippen LogP) is 5.21. The van der Waals surface area contributed by atoms with Crippen LogP contribution >= 0.6 is 0 Å². The second kappa shape index (κ2) is 13.4. The first-order valence-corrected chi connectivity index (χ1v) is 7.79. The minimum Gasteiger partial charge on any atom is -0.512 e. The van der Waals surface area contributed by atoms with Crippen molar-refractivity contribution in [1.82, 2.24) is 0 Å². The molecule has 112 valence electrons. The van der Waals surface area contributed by atoms with Gasteiger partial charge in [0.2, 0.25) is 0 Å². The molecule has 0 radical (unpaired) electrons. The Hall–Kier alpha value is -0.990. The number of aliphatic carboxylic acids is 1. The Labute approximate surface area is 117 Å². The Morgan fingerprint density at radius 2 is 1.21 bits per heavy atom. The van der Waals surface area contributed by atoms with Crippen LogP contribution in [0.15, 0.2) is 11.8 Å². The highest BCUT2D eigenvalue weighted by Crippen LogP contribution is 2.13. The number of unbranched alkanes of at least 4 members (excludes halogenated alkanes) is 10. The van der Waals surface area contributed by atoms with Gasteiger partial charge in [0.1, 0.15) is 0 Å². The molecule has 3 nitrogen and oxygen atoms in total. The molecule has 0 spiro atoms. The predicted molar refractivity (Wildman–Crippen MR) is 79.4 cm³/mol. The molecule has 0 aliphatic rings. The molecule has 0 aromatic heterocycles. The van der Waals surface area contributed by atoms with Crippen molar-refractivity contribution in [2.45, 2.75) is 84.0 Å². The third kappa shape index (κ3) is 15.0. The maximum absolute atomic E-state index is 10.3. The largest absolute Gasteiger partial charge is 0.512 e. The Balaban J connectivity index is 3.17. The number of carboxylic acid groups (broad SMARTS) is 1. The highest BCUT2D eigenvalue weighted by Gasteiger charge is 1.98. The molecular formula is C16H30O3. The average molecular weight is 270 g/mol. The average Bonchev–Trinajstić information content (AvgIpc) is 2.35. The van der Waals surface area contributed by atoms with Crippen LogP contribution in [0.25, 0.3) is 0 Å². The number of carbonyl (C=O) groups is 1. The van der Waals surface area contributed by atoms with E-state index in [4.69, 9.17) is 5.11 Å². The van der Waals surface area contributed by atoms with E-state index in [-0.39, 0.29) is 5.76 Å². The van der Waals surface area contributed by atoms with Gasteiger partial charge in [0.25, 0.3) is 0 Å². The third-order valence-electron chi connectivity index (χ3n) is 3.33. The molecule has 0 unspecified atom stereocenters. The molecule has 0 atom stereocenters. The van der Waals surface area contributed by atoms with Gasteiger partial charge < -0.3 is 10.2 Å². The van der Waals surface area contributed by atoms with Gasteiger partial charge >= 0.3 is 5.97 Å². The lowest BCUT2D eigenvalue weighted by atomic mass is 10.0. The molecule has 0 aromatic rings. The second-order valence-corrected chi connectivity index (χ2v) is 5.26. The standard InChI is InChI=1S/C16H30O3/c1-2-3-4-5-6-7-8-9-10-11-12-13-15(17)14-16(18)19/h14,17H,2-13H2,1H3,(H,18,19)/b15-14-. The number of aliphatic hydroxyl groups is 1. The van der Waals surface area contributed by atoms with E-state index in [9.17, 15) is 9.90 Å². The van der Waals surface area contributed by atoms with Crippen LogP contribution in [0.2, 0.25) is 0 Å². The zero-order valence-electron chi connectivity index (χ0n) is 12.4. The molecule has 0 aliphatic heterocycles. The quantitative estimate of drug-likeness (QED) is 0.274. The monoisotopic (exact) mass is 270 g/mol. The molecule has 0 heterocycles. The summed E-state index contributed by atoms with van der Waals surface area (Å²) in [6, 6.07) is 0. The maximum Gasteiger partial charge on any atom is 0.331 e. The van der Waals surface area contributed by atoms with E-state index in [1.165, 1.54) is 57.8 Å². The van der Waals surface area contributed by atoms with E-state index in [1.54, 1.807) is 0 Å². The van der Waals surface area contributed by atoms with Crippen LogP contribution < -0.4 is 0 Å². The van der Waals surface area contributed by atoms with E-state index in [2.05, 4.69) is 6.92 Å². The van der Waals surface area contributed by atoms with Crippen molar-refractivity contribution in [3.8, 4) is 0 Å². The van der Waals surface area contributed by atoms with Crippen LogP contribution in [-0.4, -0.2) is 16.2 Å².